The van der Waals surface area contributed by atoms with Gasteiger partial charge in [-0.3, -0.25) is 4.57 Å². The maximum absolute atomic E-state index is 12.9. The molecule has 24 heavy (non-hydrogen) atoms. The van der Waals surface area contributed by atoms with Crippen molar-refractivity contribution in [3.05, 3.63) is 29.8 Å². The molecule has 0 heterocycles. The molecule has 6 nitrogen and oxygen atoms in total. The Morgan fingerprint density at radius 1 is 1.12 bits per heavy atom. The molecular formula is C13H19Cl3NO5PS. The highest BCUT2D eigenvalue weighted by atomic mass is 35.6. The summed E-state index contributed by atoms with van der Waals surface area (Å²) in [5, 5.41) is 0. The number of sulfonamides is 1. The number of halogens is 3. The lowest BCUT2D eigenvalue weighted by molar-refractivity contribution is 0.210. The van der Waals surface area contributed by atoms with E-state index in [9.17, 15) is 13.0 Å². The summed E-state index contributed by atoms with van der Waals surface area (Å²) >= 11 is 17.5. The molecule has 1 atom stereocenters. The van der Waals surface area contributed by atoms with Crippen LogP contribution < -0.4 is 4.72 Å². The van der Waals surface area contributed by atoms with Gasteiger partial charge in [0.25, 0.3) is 0 Å². The first-order valence-corrected chi connectivity index (χ1v) is 11.2. The van der Waals surface area contributed by atoms with Gasteiger partial charge in [0.2, 0.25) is 13.8 Å². The molecule has 138 valence electrons. The normalized spacial score (nSPS) is 14.6. The summed E-state index contributed by atoms with van der Waals surface area (Å²) in [7, 11) is -8.18. The van der Waals surface area contributed by atoms with Crippen molar-refractivity contribution in [2.45, 2.75) is 35.2 Å². The molecule has 11 heteroatoms. The Balaban J connectivity index is 3.27. The Hall–Kier alpha value is 0.150. The first-order chi connectivity index (χ1) is 11.0. The van der Waals surface area contributed by atoms with Crippen molar-refractivity contribution in [1.29, 1.82) is 0 Å². The summed E-state index contributed by atoms with van der Waals surface area (Å²) in [5.41, 5.74) is 0.876. The van der Waals surface area contributed by atoms with Gasteiger partial charge in [-0.15, -0.1) is 0 Å². The lowest BCUT2D eigenvalue weighted by atomic mass is 10.2. The minimum Gasteiger partial charge on any atom is -0.308 e. The van der Waals surface area contributed by atoms with Crippen molar-refractivity contribution in [2.24, 2.45) is 0 Å². The molecule has 0 saturated heterocycles. The van der Waals surface area contributed by atoms with E-state index >= 15 is 0 Å². The van der Waals surface area contributed by atoms with Crippen molar-refractivity contribution in [3.8, 4) is 0 Å². The van der Waals surface area contributed by atoms with E-state index in [1.54, 1.807) is 26.0 Å². The predicted molar refractivity (Wildman–Crippen MR) is 96.4 cm³/mol. The summed E-state index contributed by atoms with van der Waals surface area (Å²) in [4.78, 5) is -0.0631. The molecule has 0 saturated carbocycles. The summed E-state index contributed by atoms with van der Waals surface area (Å²) in [5.74, 6) is -1.71. The number of alkyl halides is 3. The summed E-state index contributed by atoms with van der Waals surface area (Å²) < 4.78 is 48.1. The third kappa shape index (κ3) is 5.85. The van der Waals surface area contributed by atoms with E-state index in [4.69, 9.17) is 43.9 Å². The van der Waals surface area contributed by atoms with Crippen LogP contribution >= 0.6 is 42.4 Å². The lowest BCUT2D eigenvalue weighted by Crippen LogP contribution is -2.44. The van der Waals surface area contributed by atoms with Gasteiger partial charge in [0, 0.05) is 0 Å². The van der Waals surface area contributed by atoms with E-state index in [1.807, 2.05) is 6.92 Å². The van der Waals surface area contributed by atoms with Crippen LogP contribution in [0.25, 0.3) is 0 Å². The fraction of sp³-hybridized carbons (Fsp3) is 0.538. The van der Waals surface area contributed by atoms with Crippen LogP contribution in [0.15, 0.2) is 29.2 Å². The number of nitrogens with one attached hydrogen (secondary N) is 1. The van der Waals surface area contributed by atoms with E-state index in [0.717, 1.165) is 5.56 Å². The molecule has 1 aromatic rings. The second-order valence-corrected chi connectivity index (χ2v) is 10.9. The smallest absolute Gasteiger partial charge is 0.308 e. The average Bonchev–Trinajstić information content (AvgIpc) is 2.44. The fourth-order valence-corrected chi connectivity index (χ4v) is 6.71. The molecule has 0 aliphatic carbocycles. The van der Waals surface area contributed by atoms with Crippen LogP contribution in [0.2, 0.25) is 0 Å². The van der Waals surface area contributed by atoms with Crippen LogP contribution in [-0.4, -0.2) is 31.2 Å². The fourth-order valence-electron chi connectivity index (χ4n) is 1.79. The largest absolute Gasteiger partial charge is 0.352 e. The zero-order chi connectivity index (χ0) is 18.6. The van der Waals surface area contributed by atoms with Crippen molar-refractivity contribution in [1.82, 2.24) is 4.72 Å². The minimum atomic E-state index is -4.11. The van der Waals surface area contributed by atoms with Gasteiger partial charge in [-0.2, -0.15) is 4.72 Å². The highest BCUT2D eigenvalue weighted by Crippen LogP contribution is 2.59. The van der Waals surface area contributed by atoms with Crippen LogP contribution in [0.5, 0.6) is 0 Å². The molecule has 0 bridgehead atoms. The van der Waals surface area contributed by atoms with Crippen molar-refractivity contribution in [3.63, 3.8) is 0 Å². The van der Waals surface area contributed by atoms with Crippen molar-refractivity contribution in [2.75, 3.05) is 13.2 Å². The van der Waals surface area contributed by atoms with Crippen LogP contribution in [-0.2, 0) is 23.6 Å². The Labute approximate surface area is 157 Å². The molecule has 0 aliphatic rings. The Morgan fingerprint density at radius 3 is 1.96 bits per heavy atom. The molecule has 1 aromatic carbocycles. The van der Waals surface area contributed by atoms with Gasteiger partial charge < -0.3 is 9.05 Å². The van der Waals surface area contributed by atoms with E-state index in [-0.39, 0.29) is 18.1 Å². The number of benzene rings is 1. The van der Waals surface area contributed by atoms with Gasteiger partial charge in [-0.1, -0.05) is 52.5 Å². The third-order valence-corrected chi connectivity index (χ3v) is 7.95. The van der Waals surface area contributed by atoms with Crippen LogP contribution in [0.1, 0.15) is 19.4 Å². The van der Waals surface area contributed by atoms with Crippen LogP contribution in [0.3, 0.4) is 0 Å². The molecule has 0 amide bonds. The van der Waals surface area contributed by atoms with Gasteiger partial charge in [-0.25, -0.2) is 8.42 Å². The molecule has 0 aromatic heterocycles. The predicted octanol–water partition coefficient (Wildman–Crippen LogP) is 4.24. The van der Waals surface area contributed by atoms with E-state index in [0.29, 0.717) is 0 Å². The van der Waals surface area contributed by atoms with Crippen molar-refractivity contribution >= 4 is 52.4 Å². The Morgan fingerprint density at radius 2 is 1.58 bits per heavy atom. The molecular weight excluding hydrogens is 420 g/mol. The maximum atomic E-state index is 12.9. The molecule has 0 radical (unpaired) electrons. The van der Waals surface area contributed by atoms with E-state index < -0.39 is 27.2 Å². The molecule has 1 unspecified atom stereocenters. The molecule has 0 spiro atoms. The Kier molecular flexibility index (Phi) is 8.04. The van der Waals surface area contributed by atoms with Crippen LogP contribution in [0, 0.1) is 6.92 Å². The SMILES string of the molecule is CCOP(=O)(OCC)C(NS(=O)(=O)c1ccc(C)cc1)C(Cl)(Cl)Cl. The number of hydrogen-bond acceptors (Lipinski definition) is 5. The maximum Gasteiger partial charge on any atom is 0.352 e. The van der Waals surface area contributed by atoms with Gasteiger partial charge in [0.1, 0.15) is 0 Å². The van der Waals surface area contributed by atoms with Gasteiger partial charge >= 0.3 is 7.60 Å². The summed E-state index contributed by atoms with van der Waals surface area (Å²) in [6.07, 6.45) is 0. The highest BCUT2D eigenvalue weighted by Gasteiger charge is 2.50. The van der Waals surface area contributed by atoms with Gasteiger partial charge in [0.05, 0.1) is 18.1 Å². The topological polar surface area (TPSA) is 81.7 Å². The van der Waals surface area contributed by atoms with Crippen molar-refractivity contribution < 1.29 is 22.0 Å². The Bertz CT molecular complexity index is 681. The third-order valence-electron chi connectivity index (χ3n) is 2.84. The van der Waals surface area contributed by atoms with Crippen LogP contribution in [0.4, 0.5) is 0 Å². The zero-order valence-corrected chi connectivity index (χ0v) is 17.3. The quantitative estimate of drug-likeness (QED) is 0.485. The number of hydrogen-bond donors (Lipinski definition) is 1. The first-order valence-electron chi connectivity index (χ1n) is 7.00. The summed E-state index contributed by atoms with van der Waals surface area (Å²) in [6.45, 7) is 4.92. The molecule has 0 aliphatic heterocycles. The molecule has 0 fully saturated rings. The van der Waals surface area contributed by atoms with Gasteiger partial charge in [-0.05, 0) is 32.9 Å². The summed E-state index contributed by atoms with van der Waals surface area (Å²) in [6, 6.07) is 6.01. The van der Waals surface area contributed by atoms with E-state index in [1.165, 1.54) is 12.1 Å². The molecule has 1 rings (SSSR count). The second kappa shape index (κ2) is 8.69. The lowest BCUT2D eigenvalue weighted by Gasteiger charge is -2.31. The average molecular weight is 439 g/mol. The molecule has 1 N–H and O–H groups in total. The van der Waals surface area contributed by atoms with E-state index in [2.05, 4.69) is 4.72 Å². The first kappa shape index (κ1) is 22.2. The highest BCUT2D eigenvalue weighted by molar-refractivity contribution is 7.89. The standard InChI is InChI=1S/C13H19Cl3NO5PS/c1-4-21-23(18,22-5-2)12(13(14,15)16)17-24(19,20)11-8-6-10(3)7-9-11/h6-9,12,17H,4-5H2,1-3H3. The second-order valence-electron chi connectivity index (χ2n) is 4.75. The zero-order valence-electron chi connectivity index (χ0n) is 13.3. The number of aryl methyl sites for hydroxylation is 1. The minimum absolute atomic E-state index is 0.0131. The van der Waals surface area contributed by atoms with Gasteiger partial charge in [0.15, 0.2) is 5.78 Å². The monoisotopic (exact) mass is 437 g/mol. The number of rotatable bonds is 8.